The van der Waals surface area contributed by atoms with Gasteiger partial charge in [0.25, 0.3) is 10.0 Å². The normalized spacial score (nSPS) is 17.4. The molecule has 0 radical (unpaired) electrons. The van der Waals surface area contributed by atoms with Crippen LogP contribution in [0, 0.1) is 5.92 Å². The first-order valence-electron chi connectivity index (χ1n) is 12.2. The number of nitrogens with one attached hydrogen (secondary N) is 2. The number of anilines is 2. The SMILES string of the molecule is CC(C)N1CCC(CNc2ccccc2S(=O)(=O)Nc2ccc3c(c2C(=O)O)CCCC3)CC1. The standard InChI is InChI=1S/C26H35N3O4S/c1-18(2)29-15-13-19(14-16-29)17-27-22-9-5-6-10-24(22)34(32,33)28-23-12-11-20-7-3-4-8-21(20)25(23)26(30)31/h5-6,9-12,18-19,27-28H,3-4,7-8,13-17H2,1-2H3,(H,30,31). The van der Waals surface area contributed by atoms with Crippen LogP contribution < -0.4 is 10.0 Å². The number of fused-ring (bicyclic) bond motifs is 1. The van der Waals surface area contributed by atoms with Crippen LogP contribution in [0.1, 0.15) is 61.0 Å². The monoisotopic (exact) mass is 485 g/mol. The number of benzene rings is 2. The number of sulfonamides is 1. The zero-order valence-electron chi connectivity index (χ0n) is 20.0. The zero-order chi connectivity index (χ0) is 24.3. The molecule has 0 atom stereocenters. The number of aryl methyl sites for hydroxylation is 1. The molecule has 4 rings (SSSR count). The lowest BCUT2D eigenvalue weighted by Crippen LogP contribution is -2.39. The van der Waals surface area contributed by atoms with E-state index in [2.05, 4.69) is 28.8 Å². The fourth-order valence-electron chi connectivity index (χ4n) is 5.13. The number of carboxylic acids is 1. The van der Waals surface area contributed by atoms with Crippen LogP contribution in [0.5, 0.6) is 0 Å². The molecule has 1 aliphatic heterocycles. The highest BCUT2D eigenvalue weighted by Gasteiger charge is 2.26. The van der Waals surface area contributed by atoms with Gasteiger partial charge in [0.2, 0.25) is 0 Å². The van der Waals surface area contributed by atoms with Gasteiger partial charge < -0.3 is 15.3 Å². The molecule has 0 aromatic heterocycles. The molecule has 1 aliphatic carbocycles. The van der Waals surface area contributed by atoms with E-state index < -0.39 is 16.0 Å². The van der Waals surface area contributed by atoms with E-state index in [0.29, 0.717) is 30.6 Å². The molecule has 1 fully saturated rings. The Morgan fingerprint density at radius 2 is 1.76 bits per heavy atom. The summed E-state index contributed by atoms with van der Waals surface area (Å²) in [6.07, 6.45) is 5.57. The Morgan fingerprint density at radius 1 is 1.06 bits per heavy atom. The van der Waals surface area contributed by atoms with Crippen LogP contribution in [-0.4, -0.2) is 50.1 Å². The average Bonchev–Trinajstić information content (AvgIpc) is 2.82. The summed E-state index contributed by atoms with van der Waals surface area (Å²) >= 11 is 0. The minimum Gasteiger partial charge on any atom is -0.478 e. The van der Waals surface area contributed by atoms with E-state index in [-0.39, 0.29) is 16.1 Å². The number of rotatable bonds is 8. The summed E-state index contributed by atoms with van der Waals surface area (Å²) in [6, 6.07) is 10.8. The van der Waals surface area contributed by atoms with Crippen LogP contribution in [-0.2, 0) is 22.9 Å². The second kappa shape index (κ2) is 10.4. The highest BCUT2D eigenvalue weighted by molar-refractivity contribution is 7.92. The van der Waals surface area contributed by atoms with Crippen molar-refractivity contribution in [1.82, 2.24) is 4.90 Å². The fraction of sp³-hybridized carbons (Fsp3) is 0.500. The third-order valence-electron chi connectivity index (χ3n) is 7.13. The Kier molecular flexibility index (Phi) is 7.48. The van der Waals surface area contributed by atoms with Crippen LogP contribution >= 0.6 is 0 Å². The molecular formula is C26H35N3O4S. The Morgan fingerprint density at radius 3 is 2.47 bits per heavy atom. The molecule has 0 bridgehead atoms. The molecule has 2 aromatic rings. The fourth-order valence-corrected chi connectivity index (χ4v) is 6.39. The summed E-state index contributed by atoms with van der Waals surface area (Å²) in [5.74, 6) is -0.617. The number of hydrogen-bond acceptors (Lipinski definition) is 5. The lowest BCUT2D eigenvalue weighted by molar-refractivity contribution is 0.0696. The summed E-state index contributed by atoms with van der Waals surface area (Å²) in [5.41, 5.74) is 2.48. The maximum atomic E-state index is 13.4. The van der Waals surface area contributed by atoms with Crippen molar-refractivity contribution in [2.24, 2.45) is 5.92 Å². The number of carboxylic acid groups (broad SMARTS) is 1. The molecular weight excluding hydrogens is 450 g/mol. The first-order chi connectivity index (χ1) is 16.3. The van der Waals surface area contributed by atoms with Crippen LogP contribution in [0.3, 0.4) is 0 Å². The first-order valence-corrected chi connectivity index (χ1v) is 13.7. The second-order valence-corrected chi connectivity index (χ2v) is 11.3. The predicted molar refractivity (Wildman–Crippen MR) is 135 cm³/mol. The highest BCUT2D eigenvalue weighted by Crippen LogP contribution is 2.32. The van der Waals surface area contributed by atoms with Gasteiger partial charge >= 0.3 is 5.97 Å². The van der Waals surface area contributed by atoms with Crippen molar-refractivity contribution < 1.29 is 18.3 Å². The van der Waals surface area contributed by atoms with Gasteiger partial charge in [0.15, 0.2) is 0 Å². The molecule has 8 heteroatoms. The summed E-state index contributed by atoms with van der Waals surface area (Å²) in [5, 5.41) is 13.2. The summed E-state index contributed by atoms with van der Waals surface area (Å²) < 4.78 is 29.3. The number of likely N-dealkylation sites (tertiary alicyclic amines) is 1. The Hall–Kier alpha value is -2.58. The number of piperidine rings is 1. The lowest BCUT2D eigenvalue weighted by Gasteiger charge is -2.34. The highest BCUT2D eigenvalue weighted by atomic mass is 32.2. The van der Waals surface area contributed by atoms with Gasteiger partial charge in [-0.15, -0.1) is 0 Å². The van der Waals surface area contributed by atoms with Crippen LogP contribution in [0.15, 0.2) is 41.3 Å². The Balaban J connectivity index is 1.52. The molecule has 3 N–H and O–H groups in total. The molecule has 7 nitrogen and oxygen atoms in total. The van der Waals surface area contributed by atoms with Gasteiger partial charge in [0, 0.05) is 12.6 Å². The van der Waals surface area contributed by atoms with Gasteiger partial charge in [-0.2, -0.15) is 0 Å². The Bertz CT molecular complexity index is 1140. The minimum atomic E-state index is -3.98. The molecule has 0 amide bonds. The van der Waals surface area contributed by atoms with Crippen molar-refractivity contribution >= 4 is 27.4 Å². The number of hydrogen-bond donors (Lipinski definition) is 3. The first kappa shape index (κ1) is 24.5. The molecule has 1 heterocycles. The van der Waals surface area contributed by atoms with Gasteiger partial charge in [-0.3, -0.25) is 4.72 Å². The van der Waals surface area contributed by atoms with E-state index in [1.165, 1.54) is 0 Å². The zero-order valence-corrected chi connectivity index (χ0v) is 20.8. The molecule has 0 saturated carbocycles. The van der Waals surface area contributed by atoms with Gasteiger partial charge in [0.1, 0.15) is 4.90 Å². The number of nitrogens with zero attached hydrogens (tertiary/aromatic N) is 1. The van der Waals surface area contributed by atoms with Crippen molar-refractivity contribution in [1.29, 1.82) is 0 Å². The summed E-state index contributed by atoms with van der Waals surface area (Å²) in [7, 11) is -3.98. The maximum absolute atomic E-state index is 13.4. The summed E-state index contributed by atoms with van der Waals surface area (Å²) in [4.78, 5) is 14.7. The van der Waals surface area contributed by atoms with Crippen molar-refractivity contribution in [2.75, 3.05) is 29.7 Å². The van der Waals surface area contributed by atoms with Crippen molar-refractivity contribution in [3.63, 3.8) is 0 Å². The smallest absolute Gasteiger partial charge is 0.338 e. The van der Waals surface area contributed by atoms with Gasteiger partial charge in [-0.05, 0) is 101 Å². The predicted octanol–water partition coefficient (Wildman–Crippen LogP) is 4.60. The minimum absolute atomic E-state index is 0.0723. The Labute approximate surface area is 202 Å². The van der Waals surface area contributed by atoms with E-state index in [1.54, 1.807) is 24.3 Å². The van der Waals surface area contributed by atoms with Crippen LogP contribution in [0.25, 0.3) is 0 Å². The molecule has 2 aromatic carbocycles. The molecule has 34 heavy (non-hydrogen) atoms. The second-order valence-electron chi connectivity index (χ2n) is 9.69. The lowest BCUT2D eigenvalue weighted by atomic mass is 9.87. The van der Waals surface area contributed by atoms with E-state index in [4.69, 9.17) is 0 Å². The van der Waals surface area contributed by atoms with E-state index in [9.17, 15) is 18.3 Å². The molecule has 184 valence electrons. The van der Waals surface area contributed by atoms with Gasteiger partial charge in [-0.1, -0.05) is 18.2 Å². The van der Waals surface area contributed by atoms with E-state index in [0.717, 1.165) is 56.3 Å². The van der Waals surface area contributed by atoms with Gasteiger partial charge in [0.05, 0.1) is 16.9 Å². The average molecular weight is 486 g/mol. The van der Waals surface area contributed by atoms with Crippen LogP contribution in [0.2, 0.25) is 0 Å². The van der Waals surface area contributed by atoms with Crippen molar-refractivity contribution in [3.8, 4) is 0 Å². The third-order valence-corrected chi connectivity index (χ3v) is 8.55. The number of carbonyl (C=O) groups is 1. The van der Waals surface area contributed by atoms with Gasteiger partial charge in [-0.25, -0.2) is 13.2 Å². The largest absolute Gasteiger partial charge is 0.478 e. The van der Waals surface area contributed by atoms with Crippen molar-refractivity contribution in [3.05, 3.63) is 53.1 Å². The number of aromatic carboxylic acids is 1. The quantitative estimate of drug-likeness (QED) is 0.506. The molecule has 0 spiro atoms. The number of para-hydroxylation sites is 1. The van der Waals surface area contributed by atoms with E-state index >= 15 is 0 Å². The van der Waals surface area contributed by atoms with Crippen LogP contribution in [0.4, 0.5) is 11.4 Å². The summed E-state index contributed by atoms with van der Waals surface area (Å²) in [6.45, 7) is 7.25. The van der Waals surface area contributed by atoms with E-state index in [1.807, 2.05) is 12.1 Å². The molecule has 0 unspecified atom stereocenters. The van der Waals surface area contributed by atoms with Crippen molar-refractivity contribution in [2.45, 2.75) is 63.3 Å². The topological polar surface area (TPSA) is 98.7 Å². The third kappa shape index (κ3) is 5.39. The maximum Gasteiger partial charge on any atom is 0.338 e. The molecule has 2 aliphatic rings. The molecule has 1 saturated heterocycles.